The minimum atomic E-state index is -0.240. The van der Waals surface area contributed by atoms with Gasteiger partial charge in [-0.25, -0.2) is 0 Å². The molecule has 2 aliphatic heterocycles. The first-order valence-electron chi connectivity index (χ1n) is 17.9. The van der Waals surface area contributed by atoms with E-state index in [2.05, 4.69) is 61.6 Å². The maximum atomic E-state index is 12.6. The molecular formula is C40H58N6O2. The van der Waals surface area contributed by atoms with E-state index in [1.165, 1.54) is 24.6 Å². The number of hydrogen-bond donors (Lipinski definition) is 0. The molecule has 1 aromatic heterocycles. The van der Waals surface area contributed by atoms with Gasteiger partial charge < -0.3 is 19.4 Å². The molecular weight excluding hydrogens is 596 g/mol. The molecule has 1 saturated heterocycles. The van der Waals surface area contributed by atoms with E-state index in [9.17, 15) is 10.1 Å². The van der Waals surface area contributed by atoms with Gasteiger partial charge in [-0.2, -0.15) is 15.2 Å². The largest absolute Gasteiger partial charge is 0.459 e. The fourth-order valence-corrected chi connectivity index (χ4v) is 7.05. The van der Waals surface area contributed by atoms with Gasteiger partial charge in [0, 0.05) is 49.9 Å². The molecule has 48 heavy (non-hydrogen) atoms. The molecule has 0 radical (unpaired) electrons. The second-order valence-corrected chi connectivity index (χ2v) is 13.0. The molecule has 0 bridgehead atoms. The molecule has 0 saturated carbocycles. The van der Waals surface area contributed by atoms with Crippen LogP contribution in [0.15, 0.2) is 73.0 Å². The maximum absolute atomic E-state index is 12.6. The molecule has 8 nitrogen and oxygen atoms in total. The van der Waals surface area contributed by atoms with Gasteiger partial charge in [-0.3, -0.25) is 4.79 Å². The summed E-state index contributed by atoms with van der Waals surface area (Å²) in [6, 6.07) is 2.70. The standard InChI is InChI=1S/C36H46N6O2.2C2H6/c1-6-11-26(7-2)24-44-35-38-31-22-28(42-25-36(4,5)18-16-27-12-9-10-13-32(27)42)14-15-30(31)34(39-35)40-20-21-41(33(43)8-3)29(23-40)17-19-37;2*1-2/h6-8,10-11,13,28-29H,1-3,9,12,14-18,20-25H2,4-5H3;2*1-2H3/b26-11+;;. The first-order valence-corrected chi connectivity index (χ1v) is 17.9. The monoisotopic (exact) mass is 654 g/mol. The Bertz CT molecular complexity index is 1430. The van der Waals surface area contributed by atoms with Crippen molar-refractivity contribution in [3.8, 4) is 12.1 Å². The smallest absolute Gasteiger partial charge is 0.318 e. The van der Waals surface area contributed by atoms with E-state index in [-0.39, 0.29) is 30.4 Å². The predicted molar refractivity (Wildman–Crippen MR) is 198 cm³/mol. The van der Waals surface area contributed by atoms with Crippen LogP contribution in [-0.2, 0) is 17.6 Å². The second-order valence-electron chi connectivity index (χ2n) is 13.0. The number of allylic oxidation sites excluding steroid dienone is 5. The molecule has 4 aliphatic rings. The molecule has 2 unspecified atom stereocenters. The number of carbonyl (C=O) groups excluding carboxylic acids is 1. The van der Waals surface area contributed by atoms with Crippen molar-refractivity contribution in [3.05, 3.63) is 84.3 Å². The molecule has 2 atom stereocenters. The van der Waals surface area contributed by atoms with Crippen molar-refractivity contribution in [1.82, 2.24) is 19.8 Å². The van der Waals surface area contributed by atoms with Crippen molar-refractivity contribution in [2.45, 2.75) is 105 Å². The van der Waals surface area contributed by atoms with Crippen LogP contribution < -0.4 is 9.64 Å². The Labute approximate surface area is 290 Å². The van der Waals surface area contributed by atoms with Crippen LogP contribution in [0.4, 0.5) is 5.82 Å². The second kappa shape index (κ2) is 18.4. The normalized spacial score (nSPS) is 21.5. The third-order valence-corrected chi connectivity index (χ3v) is 9.44. The molecule has 5 rings (SSSR count). The van der Waals surface area contributed by atoms with Crippen molar-refractivity contribution < 1.29 is 9.53 Å². The molecule has 0 N–H and O–H groups in total. The summed E-state index contributed by atoms with van der Waals surface area (Å²) < 4.78 is 6.18. The van der Waals surface area contributed by atoms with Gasteiger partial charge >= 0.3 is 6.01 Å². The number of piperazine rings is 1. The van der Waals surface area contributed by atoms with Crippen LogP contribution in [0.25, 0.3) is 0 Å². The number of rotatable bonds is 9. The summed E-state index contributed by atoms with van der Waals surface area (Å²) in [4.78, 5) is 29.2. The van der Waals surface area contributed by atoms with E-state index in [0.717, 1.165) is 61.3 Å². The van der Waals surface area contributed by atoms with Gasteiger partial charge in [-0.15, -0.1) is 0 Å². The van der Waals surface area contributed by atoms with Gasteiger partial charge in [0.05, 0.1) is 24.2 Å². The predicted octanol–water partition coefficient (Wildman–Crippen LogP) is 7.91. The SMILES string of the molecule is C=C/C=C(\C=C)COc1nc2c(c(N3CCN(C(=O)C=C)C(CC#N)C3)n1)CCC(N1CC(C)(C)CCC3=C1C=CCC3)C2.CC.CC. The van der Waals surface area contributed by atoms with Gasteiger partial charge in [-0.05, 0) is 67.2 Å². The summed E-state index contributed by atoms with van der Waals surface area (Å²) in [5, 5.41) is 9.55. The number of ether oxygens (including phenoxy) is 1. The van der Waals surface area contributed by atoms with Crippen molar-refractivity contribution in [2.24, 2.45) is 5.41 Å². The van der Waals surface area contributed by atoms with E-state index < -0.39 is 0 Å². The van der Waals surface area contributed by atoms with Crippen LogP contribution in [0.3, 0.4) is 0 Å². The van der Waals surface area contributed by atoms with E-state index in [1.807, 2.05) is 33.8 Å². The van der Waals surface area contributed by atoms with Crippen molar-refractivity contribution in [1.29, 1.82) is 5.26 Å². The Hall–Kier alpha value is -4.12. The third-order valence-electron chi connectivity index (χ3n) is 9.44. The molecule has 260 valence electrons. The van der Waals surface area contributed by atoms with Gasteiger partial charge in [-0.1, -0.05) is 85.6 Å². The fourth-order valence-electron chi connectivity index (χ4n) is 7.05. The van der Waals surface area contributed by atoms with Gasteiger partial charge in [0.15, 0.2) is 0 Å². The molecule has 3 heterocycles. The number of fused-ring (bicyclic) bond motifs is 1. The average molecular weight is 655 g/mol. The highest BCUT2D eigenvalue weighted by Crippen LogP contribution is 2.41. The van der Waals surface area contributed by atoms with E-state index in [1.54, 1.807) is 22.6 Å². The van der Waals surface area contributed by atoms with Crippen molar-refractivity contribution >= 4 is 11.7 Å². The Morgan fingerprint density at radius 3 is 2.56 bits per heavy atom. The first kappa shape index (κ1) is 38.3. The Morgan fingerprint density at radius 2 is 1.88 bits per heavy atom. The molecule has 1 amide bonds. The highest BCUT2D eigenvalue weighted by molar-refractivity contribution is 5.87. The van der Waals surface area contributed by atoms with Crippen LogP contribution >= 0.6 is 0 Å². The lowest BCUT2D eigenvalue weighted by Gasteiger charge is -2.43. The van der Waals surface area contributed by atoms with Crippen LogP contribution in [0.1, 0.15) is 91.3 Å². The van der Waals surface area contributed by atoms with Crippen molar-refractivity contribution in [3.63, 3.8) is 0 Å². The Morgan fingerprint density at radius 1 is 1.10 bits per heavy atom. The number of hydrogen-bond acceptors (Lipinski definition) is 7. The Balaban J connectivity index is 0.00000151. The zero-order chi connectivity index (χ0) is 35.3. The molecule has 0 spiro atoms. The minimum Gasteiger partial charge on any atom is -0.459 e. The number of nitrogens with zero attached hydrogens (tertiary/aromatic N) is 6. The summed E-state index contributed by atoms with van der Waals surface area (Å²) in [6.07, 6.45) is 19.0. The molecule has 2 aliphatic carbocycles. The number of anilines is 1. The zero-order valence-corrected chi connectivity index (χ0v) is 30.4. The summed E-state index contributed by atoms with van der Waals surface area (Å²) in [5.41, 5.74) is 6.32. The average Bonchev–Trinajstić information content (AvgIpc) is 3.26. The summed E-state index contributed by atoms with van der Waals surface area (Å²) in [5.74, 6) is 0.719. The number of nitriles is 1. The van der Waals surface area contributed by atoms with E-state index >= 15 is 0 Å². The molecule has 1 fully saturated rings. The summed E-state index contributed by atoms with van der Waals surface area (Å²) >= 11 is 0. The van der Waals surface area contributed by atoms with Crippen LogP contribution in [0.2, 0.25) is 0 Å². The Kier molecular flexibility index (Phi) is 14.7. The van der Waals surface area contributed by atoms with Crippen molar-refractivity contribution in [2.75, 3.05) is 37.7 Å². The highest BCUT2D eigenvalue weighted by atomic mass is 16.5. The minimum absolute atomic E-state index is 0.141. The zero-order valence-electron chi connectivity index (χ0n) is 30.4. The quantitative estimate of drug-likeness (QED) is 0.198. The van der Waals surface area contributed by atoms with Gasteiger partial charge in [0.2, 0.25) is 5.91 Å². The molecule has 0 aromatic carbocycles. The lowest BCUT2D eigenvalue weighted by atomic mass is 9.85. The molecule has 1 aromatic rings. The number of carbonyl (C=O) groups is 1. The molecule has 8 heteroatoms. The van der Waals surface area contributed by atoms with Crippen LogP contribution in [0.5, 0.6) is 6.01 Å². The summed E-state index contributed by atoms with van der Waals surface area (Å²) in [7, 11) is 0. The van der Waals surface area contributed by atoms with Gasteiger partial charge in [0.25, 0.3) is 0 Å². The fraction of sp³-hybridized carbons (Fsp3) is 0.550. The lowest BCUT2D eigenvalue weighted by molar-refractivity contribution is -0.128. The van der Waals surface area contributed by atoms with Crippen LogP contribution in [-0.4, -0.2) is 70.5 Å². The van der Waals surface area contributed by atoms with Crippen LogP contribution in [0, 0.1) is 16.7 Å². The maximum Gasteiger partial charge on any atom is 0.318 e. The van der Waals surface area contributed by atoms with Gasteiger partial charge in [0.1, 0.15) is 12.4 Å². The lowest BCUT2D eigenvalue weighted by Crippen LogP contribution is -2.55. The van der Waals surface area contributed by atoms with E-state index in [4.69, 9.17) is 14.7 Å². The van der Waals surface area contributed by atoms with E-state index in [0.29, 0.717) is 31.7 Å². The topological polar surface area (TPSA) is 85.6 Å². The number of aromatic nitrogens is 2. The number of amides is 1. The summed E-state index contributed by atoms with van der Waals surface area (Å²) in [6.45, 7) is 27.1. The third kappa shape index (κ3) is 9.27. The highest BCUT2D eigenvalue weighted by Gasteiger charge is 2.37. The first-order chi connectivity index (χ1) is 23.3.